The van der Waals surface area contributed by atoms with Crippen LogP contribution in [-0.2, 0) is 4.79 Å². The van der Waals surface area contributed by atoms with Gasteiger partial charge < -0.3 is 23.8 Å². The second-order valence-corrected chi connectivity index (χ2v) is 7.68. The Morgan fingerprint density at radius 1 is 1.07 bits per heavy atom. The molecule has 6 nitrogen and oxygen atoms in total. The van der Waals surface area contributed by atoms with Crippen LogP contribution < -0.4 is 23.8 Å². The number of anilines is 1. The largest absolute Gasteiger partial charge is 0.493 e. The second kappa shape index (κ2) is 6.83. The molecule has 0 N–H and O–H groups in total. The number of fused-ring (bicyclic) bond motifs is 6. The van der Waals surface area contributed by atoms with Crippen LogP contribution in [-0.4, -0.2) is 33.8 Å². The van der Waals surface area contributed by atoms with Gasteiger partial charge in [0.25, 0.3) is 0 Å². The summed E-state index contributed by atoms with van der Waals surface area (Å²) in [5, 5.41) is 2.13. The van der Waals surface area contributed by atoms with Crippen LogP contribution in [0.2, 0.25) is 0 Å². The molecule has 0 saturated heterocycles. The van der Waals surface area contributed by atoms with Crippen LogP contribution in [0.4, 0.5) is 5.69 Å². The van der Waals surface area contributed by atoms with Crippen LogP contribution >= 0.6 is 0 Å². The van der Waals surface area contributed by atoms with Gasteiger partial charge in [0, 0.05) is 30.0 Å². The zero-order chi connectivity index (χ0) is 21.0. The molecule has 0 unspecified atom stereocenters. The van der Waals surface area contributed by atoms with Crippen molar-refractivity contribution in [3.63, 3.8) is 0 Å². The molecule has 30 heavy (non-hydrogen) atoms. The van der Waals surface area contributed by atoms with Gasteiger partial charge in [-0.25, -0.2) is 0 Å². The molecule has 0 saturated carbocycles. The van der Waals surface area contributed by atoms with Gasteiger partial charge in [-0.1, -0.05) is 12.1 Å². The Kier molecular flexibility index (Phi) is 4.24. The minimum absolute atomic E-state index is 0.115. The number of methoxy groups -OCH3 is 2. The predicted octanol–water partition coefficient (Wildman–Crippen LogP) is 4.72. The van der Waals surface area contributed by atoms with E-state index in [9.17, 15) is 4.79 Å². The van der Waals surface area contributed by atoms with Gasteiger partial charge in [0.2, 0.25) is 6.79 Å². The minimum Gasteiger partial charge on any atom is -0.493 e. The Hall–Kier alpha value is -3.41. The van der Waals surface area contributed by atoms with Crippen molar-refractivity contribution in [2.24, 2.45) is 0 Å². The monoisotopic (exact) mass is 405 g/mol. The van der Waals surface area contributed by atoms with Gasteiger partial charge in [-0.15, -0.1) is 0 Å². The van der Waals surface area contributed by atoms with E-state index in [2.05, 4.69) is 23.1 Å². The molecule has 5 rings (SSSR count). The lowest BCUT2D eigenvalue weighted by molar-refractivity contribution is -0.117. The number of ketones is 1. The first-order valence-electron chi connectivity index (χ1n) is 9.87. The number of rotatable bonds is 4. The van der Waals surface area contributed by atoms with Crippen molar-refractivity contribution >= 4 is 22.2 Å². The van der Waals surface area contributed by atoms with Crippen molar-refractivity contribution in [2.75, 3.05) is 33.0 Å². The predicted molar refractivity (Wildman–Crippen MR) is 115 cm³/mol. The maximum absolute atomic E-state index is 12.2. The lowest BCUT2D eigenvalue weighted by Gasteiger charge is -2.39. The van der Waals surface area contributed by atoms with E-state index in [1.165, 1.54) is 0 Å². The van der Waals surface area contributed by atoms with Gasteiger partial charge in [-0.2, -0.15) is 0 Å². The molecular weight excluding hydrogens is 382 g/mol. The normalized spacial score (nSPS) is 16.3. The molecule has 0 spiro atoms. The van der Waals surface area contributed by atoms with E-state index in [1.54, 1.807) is 21.1 Å². The summed E-state index contributed by atoms with van der Waals surface area (Å²) in [6.07, 6.45) is 0.368. The topological polar surface area (TPSA) is 57.2 Å². The second-order valence-electron chi connectivity index (χ2n) is 7.68. The third kappa shape index (κ3) is 2.60. The molecule has 0 fully saturated rings. The van der Waals surface area contributed by atoms with Crippen LogP contribution in [0.3, 0.4) is 0 Å². The Bertz CT molecular complexity index is 1190. The molecule has 0 aromatic heterocycles. The summed E-state index contributed by atoms with van der Waals surface area (Å²) in [7, 11) is 5.29. The van der Waals surface area contributed by atoms with Crippen LogP contribution in [0.5, 0.6) is 23.0 Å². The summed E-state index contributed by atoms with van der Waals surface area (Å²) in [6, 6.07) is 12.0. The van der Waals surface area contributed by atoms with Gasteiger partial charge in [-0.3, -0.25) is 4.79 Å². The molecule has 0 radical (unpaired) electrons. The molecule has 2 aliphatic rings. The zero-order valence-electron chi connectivity index (χ0n) is 17.4. The SMILES string of the molecule is COc1ccc2c(c1OC)[C@H](CC(C)=O)N(C)c1c-2ccc2cc3c(cc12)OCO3. The lowest BCUT2D eigenvalue weighted by atomic mass is 9.84. The van der Waals surface area contributed by atoms with E-state index in [0.29, 0.717) is 17.9 Å². The Morgan fingerprint density at radius 2 is 1.80 bits per heavy atom. The third-order valence-corrected chi connectivity index (χ3v) is 5.99. The Labute approximate surface area is 174 Å². The van der Waals surface area contributed by atoms with Crippen molar-refractivity contribution in [3.8, 4) is 34.1 Å². The average Bonchev–Trinajstić information content (AvgIpc) is 3.20. The molecule has 0 aliphatic carbocycles. The number of Topliss-reactive ketones (excluding diaryl/α,β-unsaturated/α-hetero) is 1. The molecule has 0 bridgehead atoms. The van der Waals surface area contributed by atoms with Gasteiger partial charge in [-0.05, 0) is 42.1 Å². The van der Waals surface area contributed by atoms with Crippen LogP contribution in [0.1, 0.15) is 24.9 Å². The van der Waals surface area contributed by atoms with Crippen molar-refractivity contribution in [1.82, 2.24) is 0 Å². The Morgan fingerprint density at radius 3 is 2.50 bits per heavy atom. The summed E-state index contributed by atoms with van der Waals surface area (Å²) in [4.78, 5) is 14.4. The van der Waals surface area contributed by atoms with Crippen LogP contribution in [0.25, 0.3) is 21.9 Å². The first kappa shape index (κ1) is 18.6. The van der Waals surface area contributed by atoms with Crippen molar-refractivity contribution in [3.05, 3.63) is 42.0 Å². The number of ether oxygens (including phenoxy) is 4. The summed E-state index contributed by atoms with van der Waals surface area (Å²) in [5.74, 6) is 2.94. The third-order valence-electron chi connectivity index (χ3n) is 5.99. The van der Waals surface area contributed by atoms with Crippen LogP contribution in [0.15, 0.2) is 36.4 Å². The van der Waals surface area contributed by atoms with E-state index in [4.69, 9.17) is 18.9 Å². The van der Waals surface area contributed by atoms with Crippen molar-refractivity contribution in [2.45, 2.75) is 19.4 Å². The first-order chi connectivity index (χ1) is 14.5. The van der Waals surface area contributed by atoms with Gasteiger partial charge >= 0.3 is 0 Å². The quantitative estimate of drug-likeness (QED) is 0.626. The first-order valence-corrected chi connectivity index (χ1v) is 9.87. The number of carbonyl (C=O) groups is 1. The van der Waals surface area contributed by atoms with E-state index in [-0.39, 0.29) is 18.6 Å². The molecule has 2 heterocycles. The minimum atomic E-state index is -0.175. The number of nitrogens with zero attached hydrogens (tertiary/aromatic N) is 1. The maximum atomic E-state index is 12.2. The fraction of sp³-hybridized carbons (Fsp3) is 0.292. The molecule has 3 aromatic carbocycles. The van der Waals surface area contributed by atoms with Crippen LogP contribution in [0, 0.1) is 0 Å². The zero-order valence-corrected chi connectivity index (χ0v) is 17.4. The summed E-state index contributed by atoms with van der Waals surface area (Å²) in [6.45, 7) is 1.85. The number of benzene rings is 3. The highest BCUT2D eigenvalue weighted by Gasteiger charge is 2.35. The van der Waals surface area contributed by atoms with E-state index < -0.39 is 0 Å². The maximum Gasteiger partial charge on any atom is 0.231 e. The molecule has 6 heteroatoms. The van der Waals surface area contributed by atoms with Crippen molar-refractivity contribution < 1.29 is 23.7 Å². The highest BCUT2D eigenvalue weighted by molar-refractivity contribution is 6.06. The van der Waals surface area contributed by atoms with Gasteiger partial charge in [0.05, 0.1) is 25.9 Å². The smallest absolute Gasteiger partial charge is 0.231 e. The molecule has 1 atom stereocenters. The van der Waals surface area contributed by atoms with Gasteiger partial charge in [0.1, 0.15) is 5.78 Å². The van der Waals surface area contributed by atoms with Gasteiger partial charge in [0.15, 0.2) is 23.0 Å². The Balaban J connectivity index is 1.83. The standard InChI is InChI=1S/C24H23NO5/c1-13(26)9-18-22-15(7-8-19(27-3)24(22)28-4)16-6-5-14-10-20-21(30-12-29-20)11-17(14)23(16)25(18)2/h5-8,10-11,18H,9,12H2,1-4H3/t18-/m0/s1. The number of hydrogen-bond acceptors (Lipinski definition) is 6. The molecule has 2 aliphatic heterocycles. The molecule has 3 aromatic rings. The fourth-order valence-corrected chi connectivity index (χ4v) is 4.67. The van der Waals surface area contributed by atoms with E-state index in [0.717, 1.165) is 44.6 Å². The summed E-state index contributed by atoms with van der Waals surface area (Å²) in [5.41, 5.74) is 4.17. The summed E-state index contributed by atoms with van der Waals surface area (Å²) >= 11 is 0. The van der Waals surface area contributed by atoms with E-state index >= 15 is 0 Å². The molecule has 0 amide bonds. The van der Waals surface area contributed by atoms with Crippen molar-refractivity contribution in [1.29, 1.82) is 0 Å². The number of hydrogen-bond donors (Lipinski definition) is 0. The summed E-state index contributed by atoms with van der Waals surface area (Å²) < 4.78 is 22.5. The fourth-order valence-electron chi connectivity index (χ4n) is 4.67. The lowest BCUT2D eigenvalue weighted by Crippen LogP contribution is -2.30. The average molecular weight is 405 g/mol. The molecular formula is C24H23NO5. The highest BCUT2D eigenvalue weighted by Crippen LogP contribution is 2.54. The molecule has 154 valence electrons. The van der Waals surface area contributed by atoms with E-state index in [1.807, 2.05) is 25.2 Å². The highest BCUT2D eigenvalue weighted by atomic mass is 16.7. The number of carbonyl (C=O) groups excluding carboxylic acids is 1.